The highest BCUT2D eigenvalue weighted by Gasteiger charge is 2.46. The Kier molecular flexibility index (Phi) is 12.7. The third-order valence-electron chi connectivity index (χ3n) is 13.1. The van der Waals surface area contributed by atoms with Crippen molar-refractivity contribution < 1.29 is 0 Å². The third-order valence-corrected chi connectivity index (χ3v) is 13.1. The van der Waals surface area contributed by atoms with E-state index in [4.69, 9.17) is 16.5 Å². The molecule has 9 rings (SSSR count). The van der Waals surface area contributed by atoms with Crippen LogP contribution in [-0.2, 0) is 36.5 Å². The van der Waals surface area contributed by atoms with Gasteiger partial charge in [0.05, 0.1) is 11.0 Å². The summed E-state index contributed by atoms with van der Waals surface area (Å²) in [4.78, 5) is 12.0. The van der Waals surface area contributed by atoms with E-state index in [1.807, 2.05) is 24.5 Å². The van der Waals surface area contributed by atoms with Crippen molar-refractivity contribution >= 4 is 27.5 Å². The predicted molar refractivity (Wildman–Crippen MR) is 274 cm³/mol. The van der Waals surface area contributed by atoms with Crippen LogP contribution in [-0.4, -0.2) is 17.0 Å². The number of allylic oxidation sites excluding steroid dienone is 11. The number of aromatic nitrogens is 2. The molecule has 0 spiro atoms. The molecule has 0 saturated heterocycles. The van der Waals surface area contributed by atoms with E-state index < -0.39 is 5.41 Å². The number of anilines is 1. The summed E-state index contributed by atoms with van der Waals surface area (Å²) >= 11 is 0. The van der Waals surface area contributed by atoms with Gasteiger partial charge in [0.25, 0.3) is 0 Å². The van der Waals surface area contributed by atoms with Gasteiger partial charge in [0.2, 0.25) is 0 Å². The second-order valence-electron chi connectivity index (χ2n) is 17.4. The molecule has 0 unspecified atom stereocenters. The van der Waals surface area contributed by atoms with Crippen LogP contribution >= 0.6 is 0 Å². The Balaban J connectivity index is 1.01. The Bertz CT molecular complexity index is 2980. The Labute approximate surface area is 384 Å². The van der Waals surface area contributed by atoms with Crippen molar-refractivity contribution in [2.24, 2.45) is 0 Å². The molecule has 0 N–H and O–H groups in total. The number of benzene rings is 6. The van der Waals surface area contributed by atoms with Gasteiger partial charge in [0, 0.05) is 52.4 Å². The molecule has 3 heterocycles. The SMILES string of the molecule is C=C(/C=C/C=C/C=C/C=C/C=C1/N(C)c2cc3cccnc3cc2C1(Cc1ccccc1)Cc1ccccc1)C(Cc1ccccc1)(Cc1ccccc1)c1cc2ncccc2cc1C. The molecule has 8 aromatic rings. The van der Waals surface area contributed by atoms with Crippen molar-refractivity contribution in [3.63, 3.8) is 0 Å². The lowest BCUT2D eigenvalue weighted by molar-refractivity contribution is 0.504. The largest absolute Gasteiger partial charge is 0.347 e. The number of aryl methyl sites for hydroxylation is 1. The van der Waals surface area contributed by atoms with Crippen molar-refractivity contribution in [1.29, 1.82) is 0 Å². The van der Waals surface area contributed by atoms with E-state index in [9.17, 15) is 0 Å². The first-order valence-corrected chi connectivity index (χ1v) is 22.6. The van der Waals surface area contributed by atoms with Gasteiger partial charge >= 0.3 is 0 Å². The molecule has 0 fully saturated rings. The Morgan fingerprint density at radius 1 is 0.554 bits per heavy atom. The van der Waals surface area contributed by atoms with Gasteiger partial charge in [0.1, 0.15) is 0 Å². The van der Waals surface area contributed by atoms with Gasteiger partial charge in [-0.2, -0.15) is 0 Å². The number of rotatable bonds is 15. The van der Waals surface area contributed by atoms with Crippen LogP contribution in [0.2, 0.25) is 0 Å². The minimum Gasteiger partial charge on any atom is -0.347 e. The van der Waals surface area contributed by atoms with E-state index in [1.165, 1.54) is 50.3 Å². The van der Waals surface area contributed by atoms with Gasteiger partial charge in [-0.15, -0.1) is 0 Å². The molecule has 1 aliphatic heterocycles. The second kappa shape index (κ2) is 19.4. The number of hydrogen-bond acceptors (Lipinski definition) is 3. The standard InChI is InChI=1S/C62H55N3/c1-47-39-53-34-23-37-63-57(53)41-55(47)61(43-49-26-14-9-15-27-49,44-50-28-16-10-17-29-50)48(2)25-13-7-5-4-6-8-22-36-60-62(45-51-30-18-11-19-31-51,46-52-32-20-12-21-33-52)56-42-58-54(35-24-38-64-58)40-59(56)65(60)3/h4-42H,2,43-46H2,1,3H3/b6-4+,7-5+,22-8+,25-13+,60-36+. The summed E-state index contributed by atoms with van der Waals surface area (Å²) in [7, 11) is 2.21. The first kappa shape index (κ1) is 42.7. The normalized spacial score (nSPS) is 14.5. The summed E-state index contributed by atoms with van der Waals surface area (Å²) in [5.41, 5.74) is 13.8. The van der Waals surface area contributed by atoms with Crippen LogP contribution in [0.1, 0.15) is 38.9 Å². The lowest BCUT2D eigenvalue weighted by atomic mass is 9.65. The molecule has 65 heavy (non-hydrogen) atoms. The van der Waals surface area contributed by atoms with Crippen LogP contribution in [0.3, 0.4) is 0 Å². The van der Waals surface area contributed by atoms with E-state index in [1.54, 1.807) is 0 Å². The maximum atomic E-state index is 4.83. The molecular formula is C62H55N3. The van der Waals surface area contributed by atoms with Crippen molar-refractivity contribution in [1.82, 2.24) is 9.97 Å². The van der Waals surface area contributed by atoms with Crippen molar-refractivity contribution in [2.45, 2.75) is 43.4 Å². The van der Waals surface area contributed by atoms with Gasteiger partial charge in [-0.05, 0) is 120 Å². The third kappa shape index (κ3) is 9.23. The molecule has 0 atom stereocenters. The molecule has 0 saturated carbocycles. The number of nitrogens with zero attached hydrogens (tertiary/aromatic N) is 3. The molecule has 0 bridgehead atoms. The number of likely N-dealkylation sites (N-methyl/N-ethyl adjacent to an activating group) is 1. The van der Waals surface area contributed by atoms with E-state index >= 15 is 0 Å². The zero-order chi connectivity index (χ0) is 44.5. The number of pyridine rings is 2. The highest BCUT2D eigenvalue weighted by Crippen LogP contribution is 2.52. The van der Waals surface area contributed by atoms with Crippen LogP contribution in [0.25, 0.3) is 21.8 Å². The van der Waals surface area contributed by atoms with Crippen LogP contribution in [0.15, 0.2) is 255 Å². The molecule has 6 aromatic carbocycles. The molecule has 0 amide bonds. The van der Waals surface area contributed by atoms with Gasteiger partial charge in [-0.25, -0.2) is 0 Å². The monoisotopic (exact) mass is 841 g/mol. The minimum atomic E-state index is -0.415. The van der Waals surface area contributed by atoms with Gasteiger partial charge in [0.15, 0.2) is 0 Å². The van der Waals surface area contributed by atoms with Crippen molar-refractivity contribution in [3.05, 3.63) is 294 Å². The average molecular weight is 842 g/mol. The van der Waals surface area contributed by atoms with E-state index in [-0.39, 0.29) is 5.41 Å². The summed E-state index contributed by atoms with van der Waals surface area (Å²) in [5.74, 6) is 0. The molecular weight excluding hydrogens is 787 g/mol. The lowest BCUT2D eigenvalue weighted by Crippen LogP contribution is -2.34. The van der Waals surface area contributed by atoms with Crippen LogP contribution < -0.4 is 4.90 Å². The van der Waals surface area contributed by atoms with E-state index in [0.717, 1.165) is 53.1 Å². The van der Waals surface area contributed by atoms with Gasteiger partial charge < -0.3 is 4.90 Å². The Hall–Kier alpha value is -7.62. The Morgan fingerprint density at radius 3 is 1.58 bits per heavy atom. The van der Waals surface area contributed by atoms with Crippen molar-refractivity contribution in [2.75, 3.05) is 11.9 Å². The summed E-state index contributed by atoms with van der Waals surface area (Å²) in [6.45, 7) is 7.06. The highest BCUT2D eigenvalue weighted by molar-refractivity contribution is 5.88. The van der Waals surface area contributed by atoms with Crippen LogP contribution in [0, 0.1) is 6.92 Å². The second-order valence-corrected chi connectivity index (χ2v) is 17.4. The minimum absolute atomic E-state index is 0.308. The summed E-state index contributed by atoms with van der Waals surface area (Å²) in [5, 5.41) is 2.29. The summed E-state index contributed by atoms with van der Waals surface area (Å²) in [6.07, 6.45) is 26.5. The maximum Gasteiger partial charge on any atom is 0.0706 e. The topological polar surface area (TPSA) is 29.0 Å². The van der Waals surface area contributed by atoms with Gasteiger partial charge in [-0.1, -0.05) is 189 Å². The zero-order valence-corrected chi connectivity index (χ0v) is 37.4. The highest BCUT2D eigenvalue weighted by atomic mass is 15.2. The maximum absolute atomic E-state index is 4.83. The van der Waals surface area contributed by atoms with Crippen LogP contribution in [0.4, 0.5) is 5.69 Å². The van der Waals surface area contributed by atoms with Crippen LogP contribution in [0.5, 0.6) is 0 Å². The Morgan fingerprint density at radius 2 is 1.03 bits per heavy atom. The lowest BCUT2D eigenvalue weighted by Gasteiger charge is -2.37. The fourth-order valence-electron chi connectivity index (χ4n) is 10.0. The number of hydrogen-bond donors (Lipinski definition) is 0. The zero-order valence-electron chi connectivity index (χ0n) is 37.4. The molecule has 1 aliphatic rings. The molecule has 3 nitrogen and oxygen atoms in total. The van der Waals surface area contributed by atoms with Gasteiger partial charge in [-0.3, -0.25) is 9.97 Å². The predicted octanol–water partition coefficient (Wildman–Crippen LogP) is 14.4. The summed E-state index contributed by atoms with van der Waals surface area (Å²) < 4.78 is 0. The van der Waals surface area contributed by atoms with Crippen molar-refractivity contribution in [3.8, 4) is 0 Å². The number of fused-ring (bicyclic) bond motifs is 3. The molecule has 318 valence electrons. The quantitative estimate of drug-likeness (QED) is 0.0963. The van der Waals surface area contributed by atoms with E-state index in [2.05, 4.69) is 231 Å². The summed E-state index contributed by atoms with van der Waals surface area (Å²) in [6, 6.07) is 61.0. The molecule has 3 heteroatoms. The fourth-order valence-corrected chi connectivity index (χ4v) is 10.0. The molecule has 2 aromatic heterocycles. The first-order valence-electron chi connectivity index (χ1n) is 22.6. The van der Waals surface area contributed by atoms with E-state index in [0.29, 0.717) is 0 Å². The smallest absolute Gasteiger partial charge is 0.0706 e. The molecule has 0 aliphatic carbocycles. The fraction of sp³-hybridized carbons (Fsp3) is 0.129. The first-order chi connectivity index (χ1) is 31.9. The molecule has 0 radical (unpaired) electrons. The average Bonchev–Trinajstić information content (AvgIpc) is 3.55.